The molecule has 4 atom stereocenters. The van der Waals surface area contributed by atoms with Crippen molar-refractivity contribution in [2.45, 2.75) is 57.7 Å². The second-order valence-corrected chi connectivity index (χ2v) is 9.21. The molecular formula is C23H29N3O4. The predicted octanol–water partition coefficient (Wildman–Crippen LogP) is 1.45. The number of aliphatic hydroxyl groups excluding tert-OH is 1. The van der Waals surface area contributed by atoms with Crippen molar-refractivity contribution in [1.29, 1.82) is 0 Å². The van der Waals surface area contributed by atoms with Crippen LogP contribution in [0.5, 0.6) is 0 Å². The third kappa shape index (κ3) is 3.02. The van der Waals surface area contributed by atoms with Crippen LogP contribution in [-0.4, -0.2) is 45.6 Å². The zero-order chi connectivity index (χ0) is 21.0. The number of carbonyl (C=O) groups excluding carboxylic acids is 2. The van der Waals surface area contributed by atoms with Crippen LogP contribution in [0.25, 0.3) is 5.57 Å². The SMILES string of the molecule is CC(=O)N1[C@@H]2Cn3c(ccc(C4=CCCC4)c3=O)[C@H]1[C@@H](C(=O)NCC1CC1)[C@@H]2CO. The molecule has 2 aliphatic carbocycles. The number of hydrogen-bond acceptors (Lipinski definition) is 4. The molecule has 1 saturated carbocycles. The molecule has 1 aromatic rings. The summed E-state index contributed by atoms with van der Waals surface area (Å²) in [6.45, 7) is 2.28. The van der Waals surface area contributed by atoms with E-state index in [2.05, 4.69) is 11.4 Å². The minimum atomic E-state index is -0.549. The summed E-state index contributed by atoms with van der Waals surface area (Å²) in [4.78, 5) is 40.8. The molecular weight excluding hydrogens is 382 g/mol. The van der Waals surface area contributed by atoms with E-state index in [1.807, 2.05) is 12.1 Å². The number of nitrogens with zero attached hydrogens (tertiary/aromatic N) is 2. The van der Waals surface area contributed by atoms with Gasteiger partial charge in [-0.3, -0.25) is 14.4 Å². The topological polar surface area (TPSA) is 91.6 Å². The lowest BCUT2D eigenvalue weighted by molar-refractivity contribution is -0.134. The first-order valence-corrected chi connectivity index (χ1v) is 11.1. The molecule has 5 rings (SSSR count). The summed E-state index contributed by atoms with van der Waals surface area (Å²) in [5, 5.41) is 13.2. The Bertz CT molecular complexity index is 977. The van der Waals surface area contributed by atoms with E-state index >= 15 is 0 Å². The molecule has 160 valence electrons. The van der Waals surface area contributed by atoms with E-state index in [1.54, 1.807) is 9.47 Å². The Balaban J connectivity index is 1.57. The van der Waals surface area contributed by atoms with Gasteiger partial charge in [-0.2, -0.15) is 0 Å². The van der Waals surface area contributed by atoms with Gasteiger partial charge >= 0.3 is 0 Å². The van der Waals surface area contributed by atoms with Gasteiger partial charge in [0.1, 0.15) is 0 Å². The lowest BCUT2D eigenvalue weighted by atomic mass is 9.86. The highest BCUT2D eigenvalue weighted by atomic mass is 16.3. The molecule has 0 unspecified atom stereocenters. The van der Waals surface area contributed by atoms with E-state index < -0.39 is 12.0 Å². The van der Waals surface area contributed by atoms with E-state index in [4.69, 9.17) is 0 Å². The number of fused-ring (bicyclic) bond motifs is 4. The van der Waals surface area contributed by atoms with Crippen LogP contribution in [-0.2, 0) is 16.1 Å². The molecule has 1 aromatic heterocycles. The van der Waals surface area contributed by atoms with Crippen LogP contribution >= 0.6 is 0 Å². The van der Waals surface area contributed by atoms with Gasteiger partial charge in [-0.1, -0.05) is 6.08 Å². The second kappa shape index (κ2) is 7.38. The monoisotopic (exact) mass is 411 g/mol. The number of amides is 2. The summed E-state index contributed by atoms with van der Waals surface area (Å²) in [7, 11) is 0. The molecule has 2 amide bonds. The normalized spacial score (nSPS) is 29.5. The zero-order valence-electron chi connectivity index (χ0n) is 17.3. The molecule has 0 aromatic carbocycles. The Kier molecular flexibility index (Phi) is 4.81. The van der Waals surface area contributed by atoms with Crippen molar-refractivity contribution in [3.05, 3.63) is 39.8 Å². The quantitative estimate of drug-likeness (QED) is 0.767. The number of hydrogen-bond donors (Lipinski definition) is 2. The number of rotatable bonds is 5. The Morgan fingerprint density at radius 1 is 1.27 bits per heavy atom. The van der Waals surface area contributed by atoms with Crippen LogP contribution < -0.4 is 10.9 Å². The van der Waals surface area contributed by atoms with E-state index in [0.29, 0.717) is 24.7 Å². The van der Waals surface area contributed by atoms with Crippen molar-refractivity contribution in [1.82, 2.24) is 14.8 Å². The lowest BCUT2D eigenvalue weighted by Gasteiger charge is -2.37. The van der Waals surface area contributed by atoms with Gasteiger partial charge in [0, 0.05) is 43.8 Å². The molecule has 30 heavy (non-hydrogen) atoms. The summed E-state index contributed by atoms with van der Waals surface area (Å²) in [5.74, 6) is -0.632. The highest BCUT2D eigenvalue weighted by Crippen LogP contribution is 2.48. The van der Waals surface area contributed by atoms with Crippen molar-refractivity contribution in [2.24, 2.45) is 17.8 Å². The fourth-order valence-electron chi connectivity index (χ4n) is 5.68. The average Bonchev–Trinajstić information content (AvgIpc) is 3.33. The third-order valence-electron chi connectivity index (χ3n) is 7.36. The third-order valence-corrected chi connectivity index (χ3v) is 7.36. The van der Waals surface area contributed by atoms with Crippen LogP contribution in [0.15, 0.2) is 23.0 Å². The lowest BCUT2D eigenvalue weighted by Crippen LogP contribution is -2.48. The fourth-order valence-corrected chi connectivity index (χ4v) is 5.68. The molecule has 2 aliphatic heterocycles. The zero-order valence-corrected chi connectivity index (χ0v) is 17.3. The molecule has 4 aliphatic rings. The maximum atomic E-state index is 13.3. The molecule has 3 heterocycles. The smallest absolute Gasteiger partial charge is 0.258 e. The van der Waals surface area contributed by atoms with Gasteiger partial charge in [0.25, 0.3) is 5.56 Å². The largest absolute Gasteiger partial charge is 0.396 e. The highest BCUT2D eigenvalue weighted by Gasteiger charge is 2.56. The predicted molar refractivity (Wildman–Crippen MR) is 111 cm³/mol. The highest BCUT2D eigenvalue weighted by molar-refractivity contribution is 5.83. The van der Waals surface area contributed by atoms with Gasteiger partial charge in [0.15, 0.2) is 0 Å². The van der Waals surface area contributed by atoms with Crippen molar-refractivity contribution in [3.63, 3.8) is 0 Å². The van der Waals surface area contributed by atoms with Gasteiger partial charge < -0.3 is 19.9 Å². The first-order chi connectivity index (χ1) is 14.5. The van der Waals surface area contributed by atoms with Crippen LogP contribution in [0.3, 0.4) is 0 Å². The molecule has 0 spiro atoms. The number of aliphatic hydroxyl groups is 1. The number of pyridine rings is 1. The number of nitrogens with one attached hydrogen (secondary N) is 1. The van der Waals surface area contributed by atoms with Crippen molar-refractivity contribution >= 4 is 17.4 Å². The van der Waals surface area contributed by atoms with E-state index in [-0.39, 0.29) is 35.9 Å². The van der Waals surface area contributed by atoms with Crippen LogP contribution in [0.2, 0.25) is 0 Å². The maximum Gasteiger partial charge on any atom is 0.258 e. The van der Waals surface area contributed by atoms with Crippen molar-refractivity contribution in [2.75, 3.05) is 13.2 Å². The summed E-state index contributed by atoms with van der Waals surface area (Å²) in [5.41, 5.74) is 2.47. The first kappa shape index (κ1) is 19.5. The van der Waals surface area contributed by atoms with Gasteiger partial charge in [0.05, 0.1) is 18.0 Å². The average molecular weight is 412 g/mol. The molecule has 7 heteroatoms. The Labute approximate surface area is 175 Å². The Morgan fingerprint density at radius 3 is 2.70 bits per heavy atom. The minimum absolute atomic E-state index is 0.0467. The van der Waals surface area contributed by atoms with Gasteiger partial charge in [-0.25, -0.2) is 0 Å². The first-order valence-electron chi connectivity index (χ1n) is 11.1. The maximum absolute atomic E-state index is 13.3. The molecule has 2 bridgehead atoms. The Hall–Kier alpha value is -2.41. The summed E-state index contributed by atoms with van der Waals surface area (Å²) in [6, 6.07) is 2.90. The number of carbonyl (C=O) groups is 2. The molecule has 1 saturated heterocycles. The molecule has 0 radical (unpaired) electrons. The van der Waals surface area contributed by atoms with Crippen molar-refractivity contribution in [3.8, 4) is 0 Å². The summed E-state index contributed by atoms with van der Waals surface area (Å²) < 4.78 is 1.75. The van der Waals surface area contributed by atoms with E-state index in [9.17, 15) is 19.5 Å². The van der Waals surface area contributed by atoms with Gasteiger partial charge in [-0.05, 0) is 55.7 Å². The second-order valence-electron chi connectivity index (χ2n) is 9.21. The van der Waals surface area contributed by atoms with Crippen molar-refractivity contribution < 1.29 is 14.7 Å². The standard InChI is InChI=1S/C23H29N3O4/c1-13(28)26-19-11-25-18(9-8-16(23(25)30)15-4-2-3-5-15)21(26)20(17(19)12-27)22(29)24-10-14-6-7-14/h4,8-9,14,17,19-21,27H,2-3,5-7,10-12H2,1H3,(H,24,29)/t17-,19-,20+,21+/m1/s1. The Morgan fingerprint density at radius 2 is 2.07 bits per heavy atom. The van der Waals surface area contributed by atoms with E-state index in [1.165, 1.54) is 6.92 Å². The summed E-state index contributed by atoms with van der Waals surface area (Å²) >= 11 is 0. The van der Waals surface area contributed by atoms with Crippen LogP contribution in [0.1, 0.15) is 56.3 Å². The number of aromatic nitrogens is 1. The minimum Gasteiger partial charge on any atom is -0.396 e. The van der Waals surface area contributed by atoms with Gasteiger partial charge in [0.2, 0.25) is 11.8 Å². The molecule has 2 fully saturated rings. The van der Waals surface area contributed by atoms with Crippen LogP contribution in [0.4, 0.5) is 0 Å². The molecule has 7 nitrogen and oxygen atoms in total. The molecule has 2 N–H and O–H groups in total. The van der Waals surface area contributed by atoms with E-state index in [0.717, 1.165) is 43.2 Å². The summed E-state index contributed by atoms with van der Waals surface area (Å²) in [6.07, 6.45) is 7.37. The number of allylic oxidation sites excluding steroid dienone is 2. The van der Waals surface area contributed by atoms with Gasteiger partial charge in [-0.15, -0.1) is 0 Å². The van der Waals surface area contributed by atoms with Crippen LogP contribution in [0, 0.1) is 17.8 Å². The fraction of sp³-hybridized carbons (Fsp3) is 0.609.